The van der Waals surface area contributed by atoms with Gasteiger partial charge in [-0.2, -0.15) is 0 Å². The fourth-order valence-electron chi connectivity index (χ4n) is 3.87. The molecule has 1 aliphatic rings. The summed E-state index contributed by atoms with van der Waals surface area (Å²) in [6.07, 6.45) is 1.89. The molecular formula is C21H21N3O6S. The number of carbonyl (C=O) groups is 1. The van der Waals surface area contributed by atoms with Gasteiger partial charge in [0.2, 0.25) is 0 Å². The number of hydrogen-bond acceptors (Lipinski definition) is 6. The number of H-pyrrole nitrogens is 1. The highest BCUT2D eigenvalue weighted by atomic mass is 32.2. The zero-order valence-corrected chi connectivity index (χ0v) is 17.6. The van der Waals surface area contributed by atoms with Gasteiger partial charge in [0, 0.05) is 36.3 Å². The molecule has 1 aliphatic heterocycles. The van der Waals surface area contributed by atoms with E-state index < -0.39 is 20.8 Å². The van der Waals surface area contributed by atoms with Gasteiger partial charge in [0.15, 0.2) is 9.84 Å². The lowest BCUT2D eigenvalue weighted by Gasteiger charge is -2.28. The standard InChI is InChI=1S/C21H21N3O6S/c1-30-17-5-2-14(3-6-17)12-23(16-8-9-31(28,29)13-16)21(25)19-11-22-20-10-15(24(26)27)4-7-18(19)20/h2-7,10-11,16,22H,8-9,12-13H2,1H3. The molecule has 2 heterocycles. The van der Waals surface area contributed by atoms with Crippen molar-refractivity contribution in [1.82, 2.24) is 9.88 Å². The quantitative estimate of drug-likeness (QED) is 0.462. The number of sulfone groups is 1. The van der Waals surface area contributed by atoms with E-state index in [0.29, 0.717) is 28.6 Å². The topological polar surface area (TPSA) is 123 Å². The largest absolute Gasteiger partial charge is 0.497 e. The van der Waals surface area contributed by atoms with Gasteiger partial charge in [0.25, 0.3) is 11.6 Å². The summed E-state index contributed by atoms with van der Waals surface area (Å²) >= 11 is 0. The second-order valence-corrected chi connectivity index (χ2v) is 9.76. The van der Waals surface area contributed by atoms with Crippen molar-refractivity contribution in [2.24, 2.45) is 0 Å². The summed E-state index contributed by atoms with van der Waals surface area (Å²) in [7, 11) is -1.64. The highest BCUT2D eigenvalue weighted by Crippen LogP contribution is 2.28. The van der Waals surface area contributed by atoms with Crippen molar-refractivity contribution in [3.63, 3.8) is 0 Å². The molecule has 0 spiro atoms. The van der Waals surface area contributed by atoms with Gasteiger partial charge in [-0.05, 0) is 30.2 Å². The number of fused-ring (bicyclic) bond motifs is 1. The summed E-state index contributed by atoms with van der Waals surface area (Å²) in [6.45, 7) is 0.239. The van der Waals surface area contributed by atoms with E-state index in [4.69, 9.17) is 4.74 Å². The summed E-state index contributed by atoms with van der Waals surface area (Å²) in [5, 5.41) is 11.6. The Balaban J connectivity index is 1.69. The van der Waals surface area contributed by atoms with E-state index in [1.165, 1.54) is 24.4 Å². The number of rotatable bonds is 6. The molecule has 3 aromatic rings. The van der Waals surface area contributed by atoms with Crippen LogP contribution in [-0.4, -0.2) is 53.8 Å². The third-order valence-corrected chi connectivity index (χ3v) is 7.28. The van der Waals surface area contributed by atoms with Crippen LogP contribution < -0.4 is 4.74 Å². The molecule has 1 fully saturated rings. The molecule has 0 saturated carbocycles. The Morgan fingerprint density at radius 1 is 1.26 bits per heavy atom. The Bertz CT molecular complexity index is 1250. The summed E-state index contributed by atoms with van der Waals surface area (Å²) in [5.74, 6) is 0.327. The van der Waals surface area contributed by atoms with Crippen molar-refractivity contribution in [2.75, 3.05) is 18.6 Å². The van der Waals surface area contributed by atoms with Gasteiger partial charge in [-0.25, -0.2) is 8.42 Å². The van der Waals surface area contributed by atoms with Crippen LogP contribution in [0.25, 0.3) is 10.9 Å². The molecule has 1 N–H and O–H groups in total. The lowest BCUT2D eigenvalue weighted by atomic mass is 10.1. The average molecular weight is 443 g/mol. The first-order valence-corrected chi connectivity index (χ1v) is 11.5. The fourth-order valence-corrected chi connectivity index (χ4v) is 5.61. The molecule has 1 unspecified atom stereocenters. The number of nitro groups is 1. The first kappa shape index (κ1) is 20.9. The van der Waals surface area contributed by atoms with Crippen molar-refractivity contribution in [2.45, 2.75) is 19.0 Å². The molecule has 9 nitrogen and oxygen atoms in total. The number of non-ortho nitro benzene ring substituents is 1. The van der Waals surface area contributed by atoms with Gasteiger partial charge in [-0.1, -0.05) is 12.1 Å². The van der Waals surface area contributed by atoms with Gasteiger partial charge in [0.05, 0.1) is 34.6 Å². The van der Waals surface area contributed by atoms with Crippen LogP contribution in [0, 0.1) is 10.1 Å². The molecule has 1 amide bonds. The zero-order chi connectivity index (χ0) is 22.2. The smallest absolute Gasteiger partial charge is 0.271 e. The molecule has 0 aliphatic carbocycles. The second kappa shape index (κ2) is 8.03. The molecule has 0 bridgehead atoms. The summed E-state index contributed by atoms with van der Waals surface area (Å²) < 4.78 is 29.3. The molecular weight excluding hydrogens is 422 g/mol. The van der Waals surface area contributed by atoms with Crippen LogP contribution >= 0.6 is 0 Å². The number of methoxy groups -OCH3 is 1. The number of aromatic amines is 1. The summed E-state index contributed by atoms with van der Waals surface area (Å²) in [4.78, 5) is 28.5. The minimum absolute atomic E-state index is 0.0458. The van der Waals surface area contributed by atoms with E-state index in [9.17, 15) is 23.3 Å². The number of hydrogen-bond donors (Lipinski definition) is 1. The van der Waals surface area contributed by atoms with Crippen LogP contribution in [0.3, 0.4) is 0 Å². The van der Waals surface area contributed by atoms with Gasteiger partial charge >= 0.3 is 0 Å². The van der Waals surface area contributed by atoms with Crippen molar-refractivity contribution in [3.8, 4) is 5.75 Å². The zero-order valence-electron chi connectivity index (χ0n) is 16.8. The Morgan fingerprint density at radius 2 is 2.00 bits per heavy atom. The predicted octanol–water partition coefficient (Wildman–Crippen LogP) is 2.91. The van der Waals surface area contributed by atoms with Crippen molar-refractivity contribution >= 4 is 32.3 Å². The maximum atomic E-state index is 13.5. The maximum absolute atomic E-state index is 13.5. The van der Waals surface area contributed by atoms with E-state index in [1.807, 2.05) is 12.1 Å². The molecule has 2 aromatic carbocycles. The fraction of sp³-hybridized carbons (Fsp3) is 0.286. The highest BCUT2D eigenvalue weighted by Gasteiger charge is 2.35. The number of aromatic nitrogens is 1. The van der Waals surface area contributed by atoms with Crippen molar-refractivity contribution < 1.29 is 22.9 Å². The number of amides is 1. The van der Waals surface area contributed by atoms with Gasteiger partial charge < -0.3 is 14.6 Å². The lowest BCUT2D eigenvalue weighted by molar-refractivity contribution is -0.384. The highest BCUT2D eigenvalue weighted by molar-refractivity contribution is 7.91. The summed E-state index contributed by atoms with van der Waals surface area (Å²) in [5.41, 5.74) is 1.59. The Labute approximate surface area is 178 Å². The predicted molar refractivity (Wildman–Crippen MR) is 115 cm³/mol. The van der Waals surface area contributed by atoms with E-state index in [0.717, 1.165) is 5.56 Å². The van der Waals surface area contributed by atoms with E-state index >= 15 is 0 Å². The molecule has 162 valence electrons. The van der Waals surface area contributed by atoms with Crippen LogP contribution in [0.5, 0.6) is 5.75 Å². The summed E-state index contributed by atoms with van der Waals surface area (Å²) in [6, 6.07) is 11.1. The van der Waals surface area contributed by atoms with Gasteiger partial charge in [-0.15, -0.1) is 0 Å². The van der Waals surface area contributed by atoms with Crippen molar-refractivity contribution in [1.29, 1.82) is 0 Å². The minimum atomic E-state index is -3.20. The van der Waals surface area contributed by atoms with E-state index in [2.05, 4.69) is 4.98 Å². The molecule has 1 aromatic heterocycles. The van der Waals surface area contributed by atoms with Crippen LogP contribution in [-0.2, 0) is 16.4 Å². The SMILES string of the molecule is COc1ccc(CN(C(=O)c2c[nH]c3cc([N+](=O)[O-])ccc23)C2CCS(=O)(=O)C2)cc1. The van der Waals surface area contributed by atoms with Crippen LogP contribution in [0.15, 0.2) is 48.7 Å². The molecule has 10 heteroatoms. The average Bonchev–Trinajstić information content (AvgIpc) is 3.34. The number of nitro benzene ring substituents is 1. The lowest BCUT2D eigenvalue weighted by Crippen LogP contribution is -2.40. The molecule has 1 saturated heterocycles. The maximum Gasteiger partial charge on any atom is 0.271 e. The Morgan fingerprint density at radius 3 is 2.61 bits per heavy atom. The van der Waals surface area contributed by atoms with E-state index in [1.54, 1.807) is 24.1 Å². The number of benzene rings is 2. The number of carbonyl (C=O) groups excluding carboxylic acids is 1. The van der Waals surface area contributed by atoms with Crippen LogP contribution in [0.2, 0.25) is 0 Å². The third-order valence-electron chi connectivity index (χ3n) is 5.53. The Hall–Kier alpha value is -3.40. The molecule has 1 atom stereocenters. The monoisotopic (exact) mass is 443 g/mol. The molecule has 31 heavy (non-hydrogen) atoms. The first-order valence-electron chi connectivity index (χ1n) is 9.67. The Kier molecular flexibility index (Phi) is 5.40. The van der Waals surface area contributed by atoms with Crippen LogP contribution in [0.1, 0.15) is 22.3 Å². The normalized spacial score (nSPS) is 17.5. The first-order chi connectivity index (χ1) is 14.8. The van der Waals surface area contributed by atoms with Crippen LogP contribution in [0.4, 0.5) is 5.69 Å². The second-order valence-electron chi connectivity index (χ2n) is 7.53. The van der Waals surface area contributed by atoms with Gasteiger partial charge in [-0.3, -0.25) is 14.9 Å². The molecule has 4 rings (SSSR count). The minimum Gasteiger partial charge on any atom is -0.497 e. The third kappa shape index (κ3) is 4.24. The number of ether oxygens (including phenoxy) is 1. The van der Waals surface area contributed by atoms with Gasteiger partial charge in [0.1, 0.15) is 5.75 Å². The molecule has 0 radical (unpaired) electrons. The van der Waals surface area contributed by atoms with E-state index in [-0.39, 0.29) is 29.6 Å². The number of nitrogens with zero attached hydrogens (tertiary/aromatic N) is 2. The number of nitrogens with one attached hydrogen (secondary N) is 1. The van der Waals surface area contributed by atoms with Crippen molar-refractivity contribution in [3.05, 3.63) is 69.9 Å².